The molecule has 2 unspecified atom stereocenters. The van der Waals surface area contributed by atoms with Crippen molar-refractivity contribution in [3.05, 3.63) is 29.3 Å². The predicted octanol–water partition coefficient (Wildman–Crippen LogP) is 4.21. The molecule has 2 rings (SSSR count). The molecule has 0 bridgehead atoms. The fourth-order valence-electron chi connectivity index (χ4n) is 3.25. The number of nitrogens with zero attached hydrogens (tertiary/aromatic N) is 1. The fourth-order valence-corrected chi connectivity index (χ4v) is 3.25. The lowest BCUT2D eigenvalue weighted by Gasteiger charge is -2.38. The van der Waals surface area contributed by atoms with Gasteiger partial charge in [0.1, 0.15) is 0 Å². The van der Waals surface area contributed by atoms with E-state index in [4.69, 9.17) is 5.11 Å². The van der Waals surface area contributed by atoms with E-state index >= 15 is 0 Å². The Morgan fingerprint density at radius 2 is 1.90 bits per heavy atom. The van der Waals surface area contributed by atoms with Gasteiger partial charge in [0.25, 0.3) is 0 Å². The molecule has 21 heavy (non-hydrogen) atoms. The van der Waals surface area contributed by atoms with Gasteiger partial charge >= 0.3 is 6.18 Å². The van der Waals surface area contributed by atoms with Crippen LogP contribution in [0.3, 0.4) is 0 Å². The molecule has 1 N–H and O–H groups in total. The summed E-state index contributed by atoms with van der Waals surface area (Å²) in [6.45, 7) is 1.56. The van der Waals surface area contributed by atoms with Gasteiger partial charge in [0.2, 0.25) is 0 Å². The molecule has 1 aliphatic carbocycles. The molecule has 0 radical (unpaired) electrons. The Kier molecular flexibility index (Phi) is 4.81. The highest BCUT2D eigenvalue weighted by Crippen LogP contribution is 2.36. The second-order valence-electron chi connectivity index (χ2n) is 5.94. The third kappa shape index (κ3) is 3.51. The van der Waals surface area contributed by atoms with Gasteiger partial charge in [-0.1, -0.05) is 25.8 Å². The Morgan fingerprint density at radius 3 is 2.48 bits per heavy atom. The second-order valence-corrected chi connectivity index (χ2v) is 5.94. The van der Waals surface area contributed by atoms with Crippen LogP contribution >= 0.6 is 0 Å². The summed E-state index contributed by atoms with van der Waals surface area (Å²) in [4.78, 5) is 1.96. The van der Waals surface area contributed by atoms with Crippen molar-refractivity contribution in [3.8, 4) is 0 Å². The Hall–Kier alpha value is -1.23. The number of rotatable bonds is 3. The molecule has 5 heteroatoms. The normalized spacial score (nSPS) is 23.1. The maximum atomic E-state index is 13.1. The number of hydrogen-bond acceptors (Lipinski definition) is 2. The summed E-state index contributed by atoms with van der Waals surface area (Å²) in [6, 6.07) is 4.48. The van der Waals surface area contributed by atoms with Gasteiger partial charge in [0, 0.05) is 18.8 Å². The number of anilines is 1. The Labute approximate surface area is 123 Å². The Morgan fingerprint density at radius 1 is 1.24 bits per heavy atom. The first-order valence-electron chi connectivity index (χ1n) is 7.38. The van der Waals surface area contributed by atoms with Gasteiger partial charge in [-0.15, -0.1) is 0 Å². The van der Waals surface area contributed by atoms with E-state index in [1.807, 2.05) is 11.9 Å². The molecule has 0 aromatic heterocycles. The molecule has 0 saturated heterocycles. The van der Waals surface area contributed by atoms with Crippen LogP contribution in [0.4, 0.5) is 18.9 Å². The Balaban J connectivity index is 2.31. The van der Waals surface area contributed by atoms with Crippen LogP contribution in [-0.4, -0.2) is 18.2 Å². The second kappa shape index (κ2) is 6.26. The molecule has 1 saturated carbocycles. The van der Waals surface area contributed by atoms with Crippen LogP contribution in [0, 0.1) is 5.92 Å². The van der Waals surface area contributed by atoms with Gasteiger partial charge < -0.3 is 10.0 Å². The maximum absolute atomic E-state index is 13.1. The first-order chi connectivity index (χ1) is 9.84. The van der Waals surface area contributed by atoms with Crippen molar-refractivity contribution in [2.45, 2.75) is 51.4 Å². The summed E-state index contributed by atoms with van der Waals surface area (Å²) in [5.41, 5.74) is -0.243. The lowest BCUT2D eigenvalue weighted by Crippen LogP contribution is -2.39. The van der Waals surface area contributed by atoms with Crippen LogP contribution in [0.5, 0.6) is 0 Å². The third-order valence-electron chi connectivity index (χ3n) is 4.54. The van der Waals surface area contributed by atoms with Crippen LogP contribution in [0.25, 0.3) is 0 Å². The molecule has 0 spiro atoms. The highest BCUT2D eigenvalue weighted by Gasteiger charge is 2.34. The zero-order valence-electron chi connectivity index (χ0n) is 12.5. The van der Waals surface area contributed by atoms with E-state index in [1.165, 1.54) is 12.5 Å². The molecule has 0 aliphatic heterocycles. The van der Waals surface area contributed by atoms with E-state index in [0.717, 1.165) is 25.3 Å². The molecular formula is C16H22F3NO. The molecule has 1 aromatic rings. The van der Waals surface area contributed by atoms with Crippen molar-refractivity contribution < 1.29 is 18.3 Å². The average Bonchev–Trinajstić information content (AvgIpc) is 2.45. The van der Waals surface area contributed by atoms with Crippen molar-refractivity contribution >= 4 is 5.69 Å². The number of halogens is 3. The van der Waals surface area contributed by atoms with Crippen molar-refractivity contribution in [1.82, 2.24) is 0 Å². The van der Waals surface area contributed by atoms with Gasteiger partial charge in [0.15, 0.2) is 0 Å². The molecule has 0 heterocycles. The third-order valence-corrected chi connectivity index (χ3v) is 4.54. The lowest BCUT2D eigenvalue weighted by atomic mass is 9.85. The molecule has 0 amide bonds. The predicted molar refractivity (Wildman–Crippen MR) is 77.2 cm³/mol. The van der Waals surface area contributed by atoms with Gasteiger partial charge in [-0.25, -0.2) is 0 Å². The first-order valence-corrected chi connectivity index (χ1v) is 7.38. The monoisotopic (exact) mass is 301 g/mol. The maximum Gasteiger partial charge on any atom is 0.416 e. The minimum atomic E-state index is -4.44. The minimum absolute atomic E-state index is 0.0728. The van der Waals surface area contributed by atoms with Crippen molar-refractivity contribution in [2.75, 3.05) is 11.9 Å². The summed E-state index contributed by atoms with van der Waals surface area (Å²) in [6.07, 6.45) is 0.0205. The fraction of sp³-hybridized carbons (Fsp3) is 0.625. The summed E-state index contributed by atoms with van der Waals surface area (Å²) in [5.74, 6) is 0.482. The van der Waals surface area contributed by atoms with Crippen LogP contribution < -0.4 is 4.90 Å². The van der Waals surface area contributed by atoms with Gasteiger partial charge in [-0.3, -0.25) is 0 Å². The number of alkyl halides is 3. The number of aliphatic hydroxyl groups excluding tert-OH is 1. The van der Waals surface area contributed by atoms with E-state index in [2.05, 4.69) is 6.92 Å². The molecule has 2 atom stereocenters. The highest BCUT2D eigenvalue weighted by atomic mass is 19.4. The summed E-state index contributed by atoms with van der Waals surface area (Å²) in [7, 11) is 1.86. The van der Waals surface area contributed by atoms with Crippen molar-refractivity contribution in [2.24, 2.45) is 5.92 Å². The lowest BCUT2D eigenvalue weighted by molar-refractivity contribution is -0.138. The molecule has 1 aliphatic rings. The standard InChI is InChI=1S/C16H22F3NO/c1-11-5-3-4-6-15(11)20(2)13-8-7-12(10-21)14(9-13)16(17,18)19/h7-9,11,15,21H,3-6,10H2,1-2H3. The summed E-state index contributed by atoms with van der Waals surface area (Å²) >= 11 is 0. The molecule has 1 fully saturated rings. The SMILES string of the molecule is CC1CCCCC1N(C)c1ccc(CO)c(C(F)(F)F)c1. The van der Waals surface area contributed by atoms with Crippen molar-refractivity contribution in [1.29, 1.82) is 0 Å². The highest BCUT2D eigenvalue weighted by molar-refractivity contribution is 5.52. The van der Waals surface area contributed by atoms with E-state index < -0.39 is 18.3 Å². The average molecular weight is 301 g/mol. The van der Waals surface area contributed by atoms with Crippen LogP contribution in [-0.2, 0) is 12.8 Å². The first kappa shape index (κ1) is 16.1. The number of aliphatic hydroxyl groups is 1. The van der Waals surface area contributed by atoms with Gasteiger partial charge in [-0.2, -0.15) is 13.2 Å². The van der Waals surface area contributed by atoms with Crippen LogP contribution in [0.1, 0.15) is 43.7 Å². The zero-order chi connectivity index (χ0) is 15.6. The van der Waals surface area contributed by atoms with E-state index in [0.29, 0.717) is 11.6 Å². The topological polar surface area (TPSA) is 23.5 Å². The number of benzene rings is 1. The van der Waals surface area contributed by atoms with E-state index in [1.54, 1.807) is 6.07 Å². The van der Waals surface area contributed by atoms with E-state index in [-0.39, 0.29) is 11.6 Å². The largest absolute Gasteiger partial charge is 0.416 e. The minimum Gasteiger partial charge on any atom is -0.392 e. The molecular weight excluding hydrogens is 279 g/mol. The van der Waals surface area contributed by atoms with Gasteiger partial charge in [0.05, 0.1) is 12.2 Å². The van der Waals surface area contributed by atoms with Crippen LogP contribution in [0.2, 0.25) is 0 Å². The summed E-state index contributed by atoms with van der Waals surface area (Å²) in [5, 5.41) is 9.09. The smallest absolute Gasteiger partial charge is 0.392 e. The molecule has 1 aromatic carbocycles. The molecule has 2 nitrogen and oxygen atoms in total. The van der Waals surface area contributed by atoms with E-state index in [9.17, 15) is 13.2 Å². The molecule has 118 valence electrons. The van der Waals surface area contributed by atoms with Gasteiger partial charge in [-0.05, 0) is 36.5 Å². The Bertz CT molecular complexity index is 487. The number of hydrogen-bond donors (Lipinski definition) is 1. The quantitative estimate of drug-likeness (QED) is 0.904. The van der Waals surface area contributed by atoms with Crippen molar-refractivity contribution in [3.63, 3.8) is 0 Å². The summed E-state index contributed by atoms with van der Waals surface area (Å²) < 4.78 is 39.2. The zero-order valence-corrected chi connectivity index (χ0v) is 12.5. The van der Waals surface area contributed by atoms with Crippen LogP contribution in [0.15, 0.2) is 18.2 Å².